The fourth-order valence-corrected chi connectivity index (χ4v) is 3.22. The molecule has 100 valence electrons. The number of sulfonamides is 1. The molecule has 1 rings (SSSR count). The van der Waals surface area contributed by atoms with Gasteiger partial charge in [-0.25, -0.2) is 12.7 Å². The largest absolute Gasteiger partial charge is 0.481 e. The van der Waals surface area contributed by atoms with Crippen molar-refractivity contribution in [2.24, 2.45) is 11.8 Å². The van der Waals surface area contributed by atoms with Crippen LogP contribution in [0.15, 0.2) is 0 Å². The smallest absolute Gasteiger partial charge is 0.404 e. The number of rotatable bonds is 3. The van der Waals surface area contributed by atoms with Crippen molar-refractivity contribution in [3.63, 3.8) is 0 Å². The minimum atomic E-state index is -4.82. The van der Waals surface area contributed by atoms with Crippen LogP contribution in [-0.2, 0) is 14.8 Å². The molecule has 0 spiro atoms. The predicted molar refractivity (Wildman–Crippen MR) is 51.7 cm³/mol. The highest BCUT2D eigenvalue weighted by molar-refractivity contribution is 7.89. The summed E-state index contributed by atoms with van der Waals surface area (Å²) in [7, 11) is -4.47. The number of carboxylic acid groups (broad SMARTS) is 1. The zero-order valence-corrected chi connectivity index (χ0v) is 9.75. The third-order valence-corrected chi connectivity index (χ3v) is 4.41. The minimum Gasteiger partial charge on any atom is -0.481 e. The third kappa shape index (κ3) is 3.56. The van der Waals surface area contributed by atoms with Crippen LogP contribution in [0.2, 0.25) is 0 Å². The summed E-state index contributed by atoms with van der Waals surface area (Å²) < 4.78 is 59.5. The highest BCUT2D eigenvalue weighted by Crippen LogP contribution is 2.28. The van der Waals surface area contributed by atoms with Crippen LogP contribution >= 0.6 is 0 Å². The standard InChI is InChI=1S/C8H12F3NO4S/c1-5-2-12(3-6(5)7(13)14)17(15,16)4-8(9,10)11/h5-6H,2-4H2,1H3,(H,13,14)/t5-,6-/m1/s1. The van der Waals surface area contributed by atoms with E-state index in [2.05, 4.69) is 0 Å². The van der Waals surface area contributed by atoms with Crippen LogP contribution in [-0.4, -0.2) is 48.8 Å². The Morgan fingerprint density at radius 3 is 2.29 bits per heavy atom. The molecule has 0 saturated carbocycles. The van der Waals surface area contributed by atoms with E-state index in [0.29, 0.717) is 4.31 Å². The Kier molecular flexibility index (Phi) is 3.72. The summed E-state index contributed by atoms with van der Waals surface area (Å²) in [4.78, 5) is 10.7. The lowest BCUT2D eigenvalue weighted by molar-refractivity contribution is -0.142. The molecular formula is C8H12F3NO4S. The number of aliphatic carboxylic acids is 1. The highest BCUT2D eigenvalue weighted by atomic mass is 32.2. The van der Waals surface area contributed by atoms with E-state index in [4.69, 9.17) is 5.11 Å². The summed E-state index contributed by atoms with van der Waals surface area (Å²) in [5.74, 6) is -4.57. The Balaban J connectivity index is 2.80. The molecule has 17 heavy (non-hydrogen) atoms. The lowest BCUT2D eigenvalue weighted by Gasteiger charge is -2.17. The van der Waals surface area contributed by atoms with Crippen LogP contribution in [0.4, 0.5) is 13.2 Å². The number of hydrogen-bond donors (Lipinski definition) is 1. The van der Waals surface area contributed by atoms with Gasteiger partial charge in [0.1, 0.15) is 0 Å². The molecule has 1 saturated heterocycles. The Hall–Kier alpha value is -0.830. The van der Waals surface area contributed by atoms with Crippen molar-refractivity contribution in [2.75, 3.05) is 18.8 Å². The van der Waals surface area contributed by atoms with E-state index in [1.54, 1.807) is 0 Å². The zero-order valence-electron chi connectivity index (χ0n) is 8.94. The molecule has 1 N–H and O–H groups in total. The van der Waals surface area contributed by atoms with E-state index < -0.39 is 46.3 Å². The lowest BCUT2D eigenvalue weighted by Crippen LogP contribution is -2.37. The highest BCUT2D eigenvalue weighted by Gasteiger charge is 2.44. The van der Waals surface area contributed by atoms with Gasteiger partial charge in [0.05, 0.1) is 5.92 Å². The second-order valence-corrected chi connectivity index (χ2v) is 6.08. The third-order valence-electron chi connectivity index (χ3n) is 2.64. The first kappa shape index (κ1) is 14.2. The van der Waals surface area contributed by atoms with Gasteiger partial charge in [-0.15, -0.1) is 0 Å². The van der Waals surface area contributed by atoms with Gasteiger partial charge in [-0.2, -0.15) is 13.2 Å². The number of carboxylic acids is 1. The fourth-order valence-electron chi connectivity index (χ4n) is 1.77. The summed E-state index contributed by atoms with van der Waals surface area (Å²) in [5.41, 5.74) is 0. The molecule has 0 aromatic heterocycles. The number of halogens is 3. The van der Waals surface area contributed by atoms with Crippen LogP contribution in [0.5, 0.6) is 0 Å². The van der Waals surface area contributed by atoms with E-state index in [9.17, 15) is 26.4 Å². The molecule has 0 unspecified atom stereocenters. The normalized spacial score (nSPS) is 27.3. The average Bonchev–Trinajstić information content (AvgIpc) is 2.43. The molecule has 0 aromatic carbocycles. The number of hydrogen-bond acceptors (Lipinski definition) is 3. The Labute approximate surface area is 96.3 Å². The molecule has 1 heterocycles. The van der Waals surface area contributed by atoms with E-state index in [0.717, 1.165) is 0 Å². The molecule has 5 nitrogen and oxygen atoms in total. The number of nitrogens with zero attached hydrogens (tertiary/aromatic N) is 1. The quantitative estimate of drug-likeness (QED) is 0.815. The Morgan fingerprint density at radius 2 is 1.94 bits per heavy atom. The average molecular weight is 275 g/mol. The van der Waals surface area contributed by atoms with Gasteiger partial charge in [0.2, 0.25) is 10.0 Å². The van der Waals surface area contributed by atoms with Gasteiger partial charge < -0.3 is 5.11 Å². The van der Waals surface area contributed by atoms with Gasteiger partial charge in [-0.05, 0) is 5.92 Å². The molecule has 0 aromatic rings. The van der Waals surface area contributed by atoms with Crippen molar-refractivity contribution >= 4 is 16.0 Å². The molecular weight excluding hydrogens is 263 g/mol. The molecule has 1 aliphatic rings. The van der Waals surface area contributed by atoms with Crippen LogP contribution in [0.1, 0.15) is 6.92 Å². The van der Waals surface area contributed by atoms with Gasteiger partial charge in [-0.1, -0.05) is 6.92 Å². The number of carbonyl (C=O) groups is 1. The predicted octanol–water partition coefficient (Wildman–Crippen LogP) is 0.531. The van der Waals surface area contributed by atoms with E-state index in [1.165, 1.54) is 6.92 Å². The van der Waals surface area contributed by atoms with Crippen LogP contribution in [0.25, 0.3) is 0 Å². The van der Waals surface area contributed by atoms with E-state index in [-0.39, 0.29) is 6.54 Å². The maximum Gasteiger partial charge on any atom is 0.404 e. The van der Waals surface area contributed by atoms with E-state index in [1.807, 2.05) is 0 Å². The van der Waals surface area contributed by atoms with Crippen LogP contribution < -0.4 is 0 Å². The van der Waals surface area contributed by atoms with E-state index >= 15 is 0 Å². The van der Waals surface area contributed by atoms with Gasteiger partial charge in [0.25, 0.3) is 0 Å². The van der Waals surface area contributed by atoms with Crippen LogP contribution in [0.3, 0.4) is 0 Å². The first-order valence-corrected chi connectivity index (χ1v) is 6.41. The van der Waals surface area contributed by atoms with Crippen LogP contribution in [0, 0.1) is 11.8 Å². The monoisotopic (exact) mass is 275 g/mol. The summed E-state index contributed by atoms with van der Waals surface area (Å²) in [6, 6.07) is 0. The molecule has 2 atom stereocenters. The second-order valence-electron chi connectivity index (χ2n) is 4.11. The SMILES string of the molecule is C[C@@H]1CN(S(=O)(=O)CC(F)(F)F)C[C@H]1C(=O)O. The molecule has 0 amide bonds. The summed E-state index contributed by atoms with van der Waals surface area (Å²) in [6.45, 7) is 0.923. The number of alkyl halides is 3. The van der Waals surface area contributed by atoms with Crippen molar-refractivity contribution < 1.29 is 31.5 Å². The summed E-state index contributed by atoms with van der Waals surface area (Å²) in [5, 5.41) is 8.76. The first-order chi connectivity index (χ1) is 7.53. The molecule has 0 aliphatic carbocycles. The topological polar surface area (TPSA) is 74.7 Å². The van der Waals surface area contributed by atoms with Crippen molar-refractivity contribution in [1.29, 1.82) is 0 Å². The molecule has 1 fully saturated rings. The second kappa shape index (κ2) is 4.45. The molecule has 0 radical (unpaired) electrons. The fraction of sp³-hybridized carbons (Fsp3) is 0.875. The lowest BCUT2D eigenvalue weighted by atomic mass is 9.99. The molecule has 0 bridgehead atoms. The van der Waals surface area contributed by atoms with Crippen molar-refractivity contribution in [1.82, 2.24) is 4.31 Å². The van der Waals surface area contributed by atoms with Crippen molar-refractivity contribution in [3.8, 4) is 0 Å². The van der Waals surface area contributed by atoms with Gasteiger partial charge >= 0.3 is 12.1 Å². The van der Waals surface area contributed by atoms with Crippen molar-refractivity contribution in [2.45, 2.75) is 13.1 Å². The maximum absolute atomic E-state index is 12.0. The Morgan fingerprint density at radius 1 is 1.41 bits per heavy atom. The van der Waals surface area contributed by atoms with Gasteiger partial charge in [0, 0.05) is 13.1 Å². The van der Waals surface area contributed by atoms with Gasteiger partial charge in [-0.3, -0.25) is 4.79 Å². The minimum absolute atomic E-state index is 0.185. The maximum atomic E-state index is 12.0. The van der Waals surface area contributed by atoms with Crippen molar-refractivity contribution in [3.05, 3.63) is 0 Å². The zero-order chi connectivity index (χ0) is 13.4. The van der Waals surface area contributed by atoms with Gasteiger partial charge in [0.15, 0.2) is 5.75 Å². The summed E-state index contributed by atoms with van der Waals surface area (Å²) >= 11 is 0. The first-order valence-electron chi connectivity index (χ1n) is 4.80. The Bertz CT molecular complexity index is 405. The molecule has 9 heteroatoms. The summed E-state index contributed by atoms with van der Waals surface area (Å²) in [6.07, 6.45) is -4.82. The molecule has 1 aliphatic heterocycles.